The van der Waals surface area contributed by atoms with E-state index in [0.29, 0.717) is 0 Å². The molecular formula is C11H14BrN3O2. The molecule has 0 aliphatic heterocycles. The third kappa shape index (κ3) is 4.97. The summed E-state index contributed by atoms with van der Waals surface area (Å²) in [6.07, 6.45) is 0. The number of nitrogens with two attached hydrogens (primary N) is 1. The summed E-state index contributed by atoms with van der Waals surface area (Å²) in [5, 5.41) is 4.98. The maximum Gasteiger partial charge on any atom is 0.318 e. The minimum absolute atomic E-state index is 0.0155. The van der Waals surface area contributed by atoms with Crippen LogP contribution in [0.25, 0.3) is 0 Å². The van der Waals surface area contributed by atoms with Crippen molar-refractivity contribution in [3.05, 3.63) is 34.3 Å². The minimum Gasteiger partial charge on any atom is -0.351 e. The second kappa shape index (κ2) is 6.36. The van der Waals surface area contributed by atoms with Gasteiger partial charge in [-0.15, -0.1) is 0 Å². The van der Waals surface area contributed by atoms with Gasteiger partial charge in [0.25, 0.3) is 0 Å². The van der Waals surface area contributed by atoms with Crippen LogP contribution in [0.5, 0.6) is 0 Å². The van der Waals surface area contributed by atoms with Gasteiger partial charge in [-0.2, -0.15) is 0 Å². The molecule has 0 heterocycles. The summed E-state index contributed by atoms with van der Waals surface area (Å²) in [7, 11) is 0. The van der Waals surface area contributed by atoms with Crippen LogP contribution < -0.4 is 16.4 Å². The van der Waals surface area contributed by atoms with Crippen LogP contribution in [-0.4, -0.2) is 18.5 Å². The molecule has 4 N–H and O–H groups in total. The highest BCUT2D eigenvalue weighted by atomic mass is 79.9. The molecule has 1 rings (SSSR count). The van der Waals surface area contributed by atoms with Crippen LogP contribution >= 0.6 is 15.9 Å². The summed E-state index contributed by atoms with van der Waals surface area (Å²) in [4.78, 5) is 21.6. The van der Waals surface area contributed by atoms with E-state index >= 15 is 0 Å². The monoisotopic (exact) mass is 299 g/mol. The molecule has 0 aromatic heterocycles. The second-order valence-electron chi connectivity index (χ2n) is 3.57. The predicted octanol–water partition coefficient (Wildman–Crippen LogP) is 1.29. The quantitative estimate of drug-likeness (QED) is 0.783. The van der Waals surface area contributed by atoms with E-state index in [1.165, 1.54) is 0 Å². The van der Waals surface area contributed by atoms with Gasteiger partial charge in [0.05, 0.1) is 6.54 Å². The smallest absolute Gasteiger partial charge is 0.318 e. The highest BCUT2D eigenvalue weighted by Gasteiger charge is 2.08. The number of halogens is 1. The molecule has 0 aliphatic rings. The average Bonchev–Trinajstić information content (AvgIpc) is 2.26. The SMILES string of the molecule is CC(NCC(=O)NC(N)=O)c1ccc(Br)cc1. The summed E-state index contributed by atoms with van der Waals surface area (Å²) in [6.45, 7) is 1.97. The van der Waals surface area contributed by atoms with Crippen LogP contribution in [0.3, 0.4) is 0 Å². The van der Waals surface area contributed by atoms with E-state index in [-0.39, 0.29) is 12.6 Å². The van der Waals surface area contributed by atoms with E-state index in [4.69, 9.17) is 5.73 Å². The Morgan fingerprint density at radius 3 is 2.47 bits per heavy atom. The molecule has 0 bridgehead atoms. The van der Waals surface area contributed by atoms with Crippen molar-refractivity contribution in [2.24, 2.45) is 5.73 Å². The average molecular weight is 300 g/mol. The van der Waals surface area contributed by atoms with Crippen molar-refractivity contribution in [1.82, 2.24) is 10.6 Å². The number of hydrogen-bond donors (Lipinski definition) is 3. The first-order chi connectivity index (χ1) is 7.99. The van der Waals surface area contributed by atoms with E-state index in [9.17, 15) is 9.59 Å². The molecule has 0 aliphatic carbocycles. The van der Waals surface area contributed by atoms with Crippen LogP contribution in [0, 0.1) is 0 Å². The van der Waals surface area contributed by atoms with Crippen molar-refractivity contribution in [2.45, 2.75) is 13.0 Å². The van der Waals surface area contributed by atoms with Gasteiger partial charge < -0.3 is 11.1 Å². The summed E-state index contributed by atoms with van der Waals surface area (Å²) in [6, 6.07) is 6.94. The zero-order valence-corrected chi connectivity index (χ0v) is 11.0. The van der Waals surface area contributed by atoms with Gasteiger partial charge in [0.1, 0.15) is 0 Å². The van der Waals surface area contributed by atoms with Crippen molar-refractivity contribution in [1.29, 1.82) is 0 Å². The first-order valence-electron chi connectivity index (χ1n) is 5.07. The minimum atomic E-state index is -0.840. The summed E-state index contributed by atoms with van der Waals surface area (Å²) in [5.74, 6) is -0.443. The fourth-order valence-corrected chi connectivity index (χ4v) is 1.56. The zero-order chi connectivity index (χ0) is 12.8. The molecule has 0 saturated carbocycles. The summed E-state index contributed by atoms with van der Waals surface area (Å²) >= 11 is 3.35. The Hall–Kier alpha value is -1.40. The zero-order valence-electron chi connectivity index (χ0n) is 9.37. The number of imide groups is 1. The molecule has 17 heavy (non-hydrogen) atoms. The third-order valence-electron chi connectivity index (χ3n) is 2.20. The molecule has 0 saturated heterocycles. The highest BCUT2D eigenvalue weighted by molar-refractivity contribution is 9.10. The lowest BCUT2D eigenvalue weighted by Gasteiger charge is -2.13. The van der Waals surface area contributed by atoms with Crippen molar-refractivity contribution in [3.8, 4) is 0 Å². The van der Waals surface area contributed by atoms with Gasteiger partial charge in [-0.25, -0.2) is 4.79 Å². The Labute approximate surface area is 108 Å². The van der Waals surface area contributed by atoms with Crippen LogP contribution in [0.4, 0.5) is 4.79 Å². The van der Waals surface area contributed by atoms with Crippen molar-refractivity contribution >= 4 is 27.9 Å². The molecule has 0 radical (unpaired) electrons. The molecule has 6 heteroatoms. The fraction of sp³-hybridized carbons (Fsp3) is 0.273. The van der Waals surface area contributed by atoms with Gasteiger partial charge >= 0.3 is 6.03 Å². The van der Waals surface area contributed by atoms with Gasteiger partial charge in [-0.3, -0.25) is 10.1 Å². The standard InChI is InChI=1S/C11H14BrN3O2/c1-7(8-2-4-9(12)5-3-8)14-6-10(16)15-11(13)17/h2-5,7,14H,6H2,1H3,(H3,13,15,16,17). The molecule has 3 amide bonds. The van der Waals surface area contributed by atoms with Gasteiger partial charge in [0.15, 0.2) is 0 Å². The maximum atomic E-state index is 11.2. The van der Waals surface area contributed by atoms with Crippen LogP contribution in [0.1, 0.15) is 18.5 Å². The van der Waals surface area contributed by atoms with E-state index < -0.39 is 11.9 Å². The number of nitrogens with one attached hydrogen (secondary N) is 2. The molecule has 1 unspecified atom stereocenters. The Morgan fingerprint density at radius 1 is 1.35 bits per heavy atom. The van der Waals surface area contributed by atoms with Crippen molar-refractivity contribution in [2.75, 3.05) is 6.54 Å². The first-order valence-corrected chi connectivity index (χ1v) is 5.86. The summed E-state index contributed by atoms with van der Waals surface area (Å²) in [5.41, 5.74) is 5.88. The number of carbonyl (C=O) groups excluding carboxylic acids is 2. The number of urea groups is 1. The molecule has 0 spiro atoms. The Balaban J connectivity index is 2.44. The normalized spacial score (nSPS) is 11.9. The number of primary amides is 1. The lowest BCUT2D eigenvalue weighted by Crippen LogP contribution is -2.41. The van der Waals surface area contributed by atoms with E-state index in [0.717, 1.165) is 10.0 Å². The topological polar surface area (TPSA) is 84.2 Å². The Bertz CT molecular complexity index is 406. The Kier molecular flexibility index (Phi) is 5.11. The number of hydrogen-bond acceptors (Lipinski definition) is 3. The number of carbonyl (C=O) groups is 2. The molecule has 5 nitrogen and oxygen atoms in total. The first kappa shape index (κ1) is 13.7. The second-order valence-corrected chi connectivity index (χ2v) is 4.48. The van der Waals surface area contributed by atoms with Gasteiger partial charge in [-0.1, -0.05) is 28.1 Å². The molecular weight excluding hydrogens is 286 g/mol. The molecule has 1 atom stereocenters. The predicted molar refractivity (Wildman–Crippen MR) is 68.3 cm³/mol. The molecule has 1 aromatic rings. The maximum absolute atomic E-state index is 11.2. The van der Waals surface area contributed by atoms with Crippen LogP contribution in [0.15, 0.2) is 28.7 Å². The molecule has 92 valence electrons. The molecule has 0 fully saturated rings. The van der Waals surface area contributed by atoms with Crippen LogP contribution in [0.2, 0.25) is 0 Å². The van der Waals surface area contributed by atoms with Crippen molar-refractivity contribution < 1.29 is 9.59 Å². The lowest BCUT2D eigenvalue weighted by atomic mass is 10.1. The van der Waals surface area contributed by atoms with E-state index in [2.05, 4.69) is 21.2 Å². The van der Waals surface area contributed by atoms with Crippen LogP contribution in [-0.2, 0) is 4.79 Å². The highest BCUT2D eigenvalue weighted by Crippen LogP contribution is 2.16. The fourth-order valence-electron chi connectivity index (χ4n) is 1.30. The molecule has 1 aromatic carbocycles. The number of benzene rings is 1. The van der Waals surface area contributed by atoms with Gasteiger partial charge in [0.2, 0.25) is 5.91 Å². The Morgan fingerprint density at radius 2 is 1.94 bits per heavy atom. The third-order valence-corrected chi connectivity index (χ3v) is 2.73. The summed E-state index contributed by atoms with van der Waals surface area (Å²) < 4.78 is 1.000. The number of amides is 3. The number of rotatable bonds is 4. The van der Waals surface area contributed by atoms with Gasteiger partial charge in [0, 0.05) is 10.5 Å². The largest absolute Gasteiger partial charge is 0.351 e. The lowest BCUT2D eigenvalue weighted by molar-refractivity contribution is -0.119. The van der Waals surface area contributed by atoms with Crippen molar-refractivity contribution in [3.63, 3.8) is 0 Å². The van der Waals surface area contributed by atoms with Gasteiger partial charge in [-0.05, 0) is 24.6 Å². The van der Waals surface area contributed by atoms with E-state index in [1.54, 1.807) is 0 Å². The van der Waals surface area contributed by atoms with E-state index in [1.807, 2.05) is 36.5 Å².